The molecule has 1 fully saturated rings. The molecule has 1 heterocycles. The Morgan fingerprint density at radius 3 is 2.06 bits per heavy atom. The summed E-state index contributed by atoms with van der Waals surface area (Å²) >= 11 is 0. The number of carbonyl (C=O) groups excluding carboxylic acids is 1. The summed E-state index contributed by atoms with van der Waals surface area (Å²) in [7, 11) is 0. The highest BCUT2D eigenvalue weighted by molar-refractivity contribution is 5.79. The highest BCUT2D eigenvalue weighted by Gasteiger charge is 2.37. The monoisotopic (exact) mass is 256 g/mol. The molecule has 0 aromatic rings. The number of hydrogen-bond donors (Lipinski definition) is 1. The molecular formula is C13H24N2O3. The van der Waals surface area contributed by atoms with Crippen molar-refractivity contribution in [3.05, 3.63) is 0 Å². The number of nitrogens with zero attached hydrogens (tertiary/aromatic N) is 2. The molecular weight excluding hydrogens is 232 g/mol. The molecule has 0 unspecified atom stereocenters. The molecule has 5 heteroatoms. The van der Waals surface area contributed by atoms with Gasteiger partial charge < -0.3 is 14.9 Å². The highest BCUT2D eigenvalue weighted by Crippen LogP contribution is 2.18. The SMILES string of the molecule is CCCCN(CCCC)C(=O)N1CC(C(=O)O)C1. The molecule has 5 nitrogen and oxygen atoms in total. The number of hydrogen-bond acceptors (Lipinski definition) is 2. The van der Waals surface area contributed by atoms with Gasteiger partial charge in [-0.2, -0.15) is 0 Å². The van der Waals surface area contributed by atoms with Gasteiger partial charge in [-0.15, -0.1) is 0 Å². The van der Waals surface area contributed by atoms with Crippen LogP contribution in [0.1, 0.15) is 39.5 Å². The molecule has 1 aliphatic rings. The number of carboxylic acid groups (broad SMARTS) is 1. The van der Waals surface area contributed by atoms with Crippen LogP contribution >= 0.6 is 0 Å². The Hall–Kier alpha value is -1.26. The lowest BCUT2D eigenvalue weighted by molar-refractivity contribution is -0.146. The topological polar surface area (TPSA) is 60.9 Å². The zero-order chi connectivity index (χ0) is 13.5. The first-order chi connectivity index (χ1) is 8.60. The number of rotatable bonds is 7. The normalized spacial score (nSPS) is 15.3. The van der Waals surface area contributed by atoms with Gasteiger partial charge in [0.05, 0.1) is 5.92 Å². The second kappa shape index (κ2) is 7.24. The van der Waals surface area contributed by atoms with E-state index in [0.717, 1.165) is 38.8 Å². The Morgan fingerprint density at radius 1 is 1.17 bits per heavy atom. The van der Waals surface area contributed by atoms with Crippen LogP contribution in [-0.2, 0) is 4.79 Å². The first-order valence-corrected chi connectivity index (χ1v) is 6.86. The number of urea groups is 1. The van der Waals surface area contributed by atoms with Crippen LogP contribution in [0.5, 0.6) is 0 Å². The predicted molar refractivity (Wildman–Crippen MR) is 69.5 cm³/mol. The number of amides is 2. The summed E-state index contributed by atoms with van der Waals surface area (Å²) in [5.74, 6) is -1.17. The van der Waals surface area contributed by atoms with E-state index in [4.69, 9.17) is 5.11 Å². The van der Waals surface area contributed by atoms with Gasteiger partial charge in [-0.3, -0.25) is 4.79 Å². The third kappa shape index (κ3) is 3.89. The molecule has 1 aliphatic heterocycles. The van der Waals surface area contributed by atoms with Crippen LogP contribution in [0.2, 0.25) is 0 Å². The van der Waals surface area contributed by atoms with E-state index in [9.17, 15) is 9.59 Å². The molecule has 0 aliphatic carbocycles. The fourth-order valence-corrected chi connectivity index (χ4v) is 1.99. The number of unbranched alkanes of at least 4 members (excludes halogenated alkanes) is 2. The van der Waals surface area contributed by atoms with Gasteiger partial charge in [0.15, 0.2) is 0 Å². The summed E-state index contributed by atoms with van der Waals surface area (Å²) in [5.41, 5.74) is 0. The lowest BCUT2D eigenvalue weighted by atomic mass is 10.0. The molecule has 0 saturated carbocycles. The van der Waals surface area contributed by atoms with Gasteiger partial charge in [0.25, 0.3) is 0 Å². The van der Waals surface area contributed by atoms with Crippen LogP contribution in [0.25, 0.3) is 0 Å². The zero-order valence-corrected chi connectivity index (χ0v) is 11.4. The van der Waals surface area contributed by atoms with E-state index >= 15 is 0 Å². The van der Waals surface area contributed by atoms with Crippen LogP contribution in [0.15, 0.2) is 0 Å². The van der Waals surface area contributed by atoms with Crippen LogP contribution in [0.3, 0.4) is 0 Å². The van der Waals surface area contributed by atoms with Gasteiger partial charge in [0, 0.05) is 26.2 Å². The summed E-state index contributed by atoms with van der Waals surface area (Å²) in [4.78, 5) is 26.4. The zero-order valence-electron chi connectivity index (χ0n) is 11.4. The van der Waals surface area contributed by atoms with Gasteiger partial charge in [-0.25, -0.2) is 4.79 Å². The Labute approximate surface area is 109 Å². The van der Waals surface area contributed by atoms with Crippen molar-refractivity contribution in [3.63, 3.8) is 0 Å². The summed E-state index contributed by atoms with van der Waals surface area (Å²) in [6.07, 6.45) is 4.14. The maximum atomic E-state index is 12.2. The third-order valence-electron chi connectivity index (χ3n) is 3.33. The Bertz CT molecular complexity index is 280. The highest BCUT2D eigenvalue weighted by atomic mass is 16.4. The van der Waals surface area contributed by atoms with Crippen molar-refractivity contribution in [2.45, 2.75) is 39.5 Å². The number of carbonyl (C=O) groups is 2. The predicted octanol–water partition coefficient (Wildman–Crippen LogP) is 2.03. The molecule has 0 radical (unpaired) electrons. The summed E-state index contributed by atoms with van der Waals surface area (Å²) < 4.78 is 0. The summed E-state index contributed by atoms with van der Waals surface area (Å²) in [6.45, 7) is 6.50. The van der Waals surface area contributed by atoms with Gasteiger partial charge >= 0.3 is 12.0 Å². The van der Waals surface area contributed by atoms with E-state index in [1.807, 2.05) is 4.90 Å². The molecule has 0 spiro atoms. The maximum absolute atomic E-state index is 12.2. The van der Waals surface area contributed by atoms with Crippen LogP contribution in [0, 0.1) is 5.92 Å². The average molecular weight is 256 g/mol. The van der Waals surface area contributed by atoms with Crippen molar-refractivity contribution in [3.8, 4) is 0 Å². The van der Waals surface area contributed by atoms with E-state index in [2.05, 4.69) is 13.8 Å². The smallest absolute Gasteiger partial charge is 0.320 e. The van der Waals surface area contributed by atoms with Crippen molar-refractivity contribution in [2.75, 3.05) is 26.2 Å². The van der Waals surface area contributed by atoms with Crippen LogP contribution < -0.4 is 0 Å². The van der Waals surface area contributed by atoms with E-state index in [0.29, 0.717) is 13.1 Å². The van der Waals surface area contributed by atoms with Gasteiger partial charge in [0.1, 0.15) is 0 Å². The van der Waals surface area contributed by atoms with Crippen LogP contribution in [0.4, 0.5) is 4.79 Å². The molecule has 0 bridgehead atoms. The second-order valence-corrected chi connectivity index (χ2v) is 4.92. The Balaban J connectivity index is 2.41. The van der Waals surface area contributed by atoms with E-state index in [1.165, 1.54) is 0 Å². The second-order valence-electron chi connectivity index (χ2n) is 4.92. The number of carboxylic acids is 1. The lowest BCUT2D eigenvalue weighted by Crippen LogP contribution is -2.57. The minimum Gasteiger partial charge on any atom is -0.481 e. The first-order valence-electron chi connectivity index (χ1n) is 6.86. The first kappa shape index (κ1) is 14.8. The van der Waals surface area contributed by atoms with Gasteiger partial charge in [-0.05, 0) is 12.8 Å². The molecule has 0 aromatic carbocycles. The van der Waals surface area contributed by atoms with Crippen molar-refractivity contribution < 1.29 is 14.7 Å². The Morgan fingerprint density at radius 2 is 1.67 bits per heavy atom. The maximum Gasteiger partial charge on any atom is 0.320 e. The van der Waals surface area contributed by atoms with Gasteiger partial charge in [-0.1, -0.05) is 26.7 Å². The van der Waals surface area contributed by atoms with Crippen molar-refractivity contribution in [1.82, 2.24) is 9.80 Å². The molecule has 1 saturated heterocycles. The molecule has 18 heavy (non-hydrogen) atoms. The molecule has 0 aromatic heterocycles. The average Bonchev–Trinajstić information content (AvgIpc) is 2.26. The fourth-order valence-electron chi connectivity index (χ4n) is 1.99. The molecule has 0 atom stereocenters. The molecule has 1 N–H and O–H groups in total. The summed E-state index contributed by atoms with van der Waals surface area (Å²) in [6, 6.07) is 0.00870. The quantitative estimate of drug-likeness (QED) is 0.758. The number of aliphatic carboxylic acids is 1. The lowest BCUT2D eigenvalue weighted by Gasteiger charge is -2.40. The standard InChI is InChI=1S/C13H24N2O3/c1-3-5-7-14(8-6-4-2)13(18)15-9-11(10-15)12(16)17/h11H,3-10H2,1-2H3,(H,16,17). The van der Waals surface area contributed by atoms with Crippen molar-refractivity contribution >= 4 is 12.0 Å². The van der Waals surface area contributed by atoms with E-state index in [-0.39, 0.29) is 11.9 Å². The van der Waals surface area contributed by atoms with Gasteiger partial charge in [0.2, 0.25) is 0 Å². The fraction of sp³-hybridized carbons (Fsp3) is 0.846. The largest absolute Gasteiger partial charge is 0.481 e. The molecule has 1 rings (SSSR count). The van der Waals surface area contributed by atoms with E-state index < -0.39 is 5.97 Å². The summed E-state index contributed by atoms with van der Waals surface area (Å²) in [5, 5.41) is 8.80. The minimum absolute atomic E-state index is 0.00870. The van der Waals surface area contributed by atoms with Crippen molar-refractivity contribution in [2.24, 2.45) is 5.92 Å². The number of likely N-dealkylation sites (tertiary alicyclic amines) is 1. The minimum atomic E-state index is -0.798. The van der Waals surface area contributed by atoms with E-state index in [1.54, 1.807) is 4.90 Å². The van der Waals surface area contributed by atoms with Crippen molar-refractivity contribution in [1.29, 1.82) is 0 Å². The molecule has 2 amide bonds. The molecule has 104 valence electrons. The van der Waals surface area contributed by atoms with Crippen LogP contribution in [-0.4, -0.2) is 53.1 Å². The third-order valence-corrected chi connectivity index (χ3v) is 3.33. The Kier molecular flexibility index (Phi) is 5.95.